The number of allylic oxidation sites excluding steroid dienone is 7. The van der Waals surface area contributed by atoms with Gasteiger partial charge in [-0.2, -0.15) is 0 Å². The summed E-state index contributed by atoms with van der Waals surface area (Å²) in [7, 11) is 1.80. The maximum absolute atomic E-state index is 14.4. The molecule has 6 unspecified atom stereocenters. The smallest absolute Gasteiger partial charge is 0.123 e. The van der Waals surface area contributed by atoms with Crippen molar-refractivity contribution in [3.63, 3.8) is 0 Å². The van der Waals surface area contributed by atoms with Crippen molar-refractivity contribution in [3.05, 3.63) is 46.9 Å². The molecule has 0 radical (unpaired) electrons. The van der Waals surface area contributed by atoms with Crippen LogP contribution in [0, 0.1) is 23.2 Å². The molecule has 1 saturated heterocycles. The number of ether oxygens (including phenoxy) is 2. The van der Waals surface area contributed by atoms with Gasteiger partial charge in [0.05, 0.1) is 13.2 Å². The van der Waals surface area contributed by atoms with Crippen LogP contribution in [0.15, 0.2) is 46.9 Å². The molecular formula is C32H48FNO2. The van der Waals surface area contributed by atoms with Gasteiger partial charge in [0.25, 0.3) is 0 Å². The third-order valence-corrected chi connectivity index (χ3v) is 10.3. The van der Waals surface area contributed by atoms with Crippen molar-refractivity contribution in [2.24, 2.45) is 23.2 Å². The highest BCUT2D eigenvalue weighted by atomic mass is 19.1. The van der Waals surface area contributed by atoms with Crippen LogP contribution >= 0.6 is 0 Å². The van der Waals surface area contributed by atoms with Crippen molar-refractivity contribution in [1.29, 1.82) is 0 Å². The predicted octanol–water partition coefficient (Wildman–Crippen LogP) is 7.60. The molecule has 0 bridgehead atoms. The van der Waals surface area contributed by atoms with Crippen LogP contribution in [0.4, 0.5) is 4.39 Å². The van der Waals surface area contributed by atoms with Gasteiger partial charge in [0.2, 0.25) is 0 Å². The van der Waals surface area contributed by atoms with Gasteiger partial charge in [-0.3, -0.25) is 0 Å². The van der Waals surface area contributed by atoms with Gasteiger partial charge < -0.3 is 14.8 Å². The minimum Gasteiger partial charge on any atom is -0.384 e. The van der Waals surface area contributed by atoms with E-state index >= 15 is 0 Å². The Kier molecular flexibility index (Phi) is 8.54. The molecule has 200 valence electrons. The van der Waals surface area contributed by atoms with E-state index in [2.05, 4.69) is 12.2 Å². The van der Waals surface area contributed by atoms with Crippen LogP contribution < -0.4 is 5.32 Å². The van der Waals surface area contributed by atoms with Crippen molar-refractivity contribution in [2.75, 3.05) is 26.9 Å². The van der Waals surface area contributed by atoms with Gasteiger partial charge in [0.1, 0.15) is 5.83 Å². The monoisotopic (exact) mass is 497 g/mol. The summed E-state index contributed by atoms with van der Waals surface area (Å²) in [5.41, 5.74) is 5.83. The van der Waals surface area contributed by atoms with Crippen molar-refractivity contribution < 1.29 is 13.9 Å². The van der Waals surface area contributed by atoms with Crippen LogP contribution in [0.5, 0.6) is 0 Å². The molecule has 1 N–H and O–H groups in total. The molecule has 0 amide bonds. The average Bonchev–Trinajstić information content (AvgIpc) is 3.34. The summed E-state index contributed by atoms with van der Waals surface area (Å²) in [6.45, 7) is 9.31. The first kappa shape index (κ1) is 26.4. The summed E-state index contributed by atoms with van der Waals surface area (Å²) in [5.74, 6) is 1.87. The Bertz CT molecular complexity index is 902. The van der Waals surface area contributed by atoms with Crippen LogP contribution in [-0.4, -0.2) is 39.0 Å². The zero-order valence-electron chi connectivity index (χ0n) is 22.8. The number of hydrogen-bond acceptors (Lipinski definition) is 3. The SMILES string of the molecule is C=C(CC1CCC2=C(CCC(C)=CC(F)=C2)CC1)C12CCCC1CC(NC1CCOCC1COC)C2. The standard InChI is InChI=1S/C32H48FNO2/c1-22-6-9-25-10-7-24(8-11-26(25)17-29(33)15-22)16-23(2)32-13-4-5-28(32)18-30(19-32)34-31-12-14-36-21-27(31)20-35-3/h15,17,24,27-28,30-31,34H,2,4-14,16,18-21H2,1,3H3. The summed E-state index contributed by atoms with van der Waals surface area (Å²) in [4.78, 5) is 0. The lowest BCUT2D eigenvalue weighted by Crippen LogP contribution is -2.48. The molecule has 5 rings (SSSR count). The second-order valence-corrected chi connectivity index (χ2v) is 12.6. The first-order valence-electron chi connectivity index (χ1n) is 14.7. The Morgan fingerprint density at radius 1 is 1.17 bits per heavy atom. The molecule has 2 saturated carbocycles. The van der Waals surface area contributed by atoms with Crippen molar-refractivity contribution in [2.45, 2.75) is 102 Å². The minimum atomic E-state index is -0.0583. The Morgan fingerprint density at radius 3 is 2.89 bits per heavy atom. The molecule has 0 aromatic rings. The quantitative estimate of drug-likeness (QED) is 0.367. The molecular weight excluding hydrogens is 449 g/mol. The summed E-state index contributed by atoms with van der Waals surface area (Å²) >= 11 is 0. The van der Waals surface area contributed by atoms with Crippen molar-refractivity contribution >= 4 is 0 Å². The number of halogens is 1. The fraction of sp³-hybridized carbons (Fsp3) is 0.750. The molecule has 5 aliphatic rings. The zero-order valence-corrected chi connectivity index (χ0v) is 22.8. The highest BCUT2D eigenvalue weighted by Gasteiger charge is 2.52. The molecule has 0 aromatic carbocycles. The molecule has 36 heavy (non-hydrogen) atoms. The third-order valence-electron chi connectivity index (χ3n) is 10.3. The maximum atomic E-state index is 14.4. The van der Waals surface area contributed by atoms with E-state index < -0.39 is 0 Å². The van der Waals surface area contributed by atoms with E-state index in [0.717, 1.165) is 69.8 Å². The predicted molar refractivity (Wildman–Crippen MR) is 145 cm³/mol. The van der Waals surface area contributed by atoms with Crippen LogP contribution in [0.25, 0.3) is 0 Å². The molecule has 3 fully saturated rings. The Balaban J connectivity index is 1.20. The third kappa shape index (κ3) is 5.76. The zero-order chi connectivity index (χ0) is 25.1. The second-order valence-electron chi connectivity index (χ2n) is 12.6. The van der Waals surface area contributed by atoms with E-state index in [1.165, 1.54) is 61.7 Å². The molecule has 0 spiro atoms. The number of nitrogens with one attached hydrogen (secondary N) is 1. The lowest BCUT2D eigenvalue weighted by atomic mass is 9.71. The first-order valence-corrected chi connectivity index (χ1v) is 14.7. The van der Waals surface area contributed by atoms with Gasteiger partial charge in [-0.1, -0.05) is 29.7 Å². The highest BCUT2D eigenvalue weighted by Crippen LogP contribution is 2.59. The number of hydrogen-bond donors (Lipinski definition) is 1. The number of fused-ring (bicyclic) bond motifs is 1. The molecule has 1 aliphatic heterocycles. The number of rotatable bonds is 7. The number of methoxy groups -OCH3 is 1. The van der Waals surface area contributed by atoms with Crippen LogP contribution in [-0.2, 0) is 9.47 Å². The van der Waals surface area contributed by atoms with Gasteiger partial charge in [-0.15, -0.1) is 0 Å². The van der Waals surface area contributed by atoms with E-state index in [1.807, 2.05) is 6.08 Å². The maximum Gasteiger partial charge on any atom is 0.123 e. The Hall–Kier alpha value is -1.23. The molecule has 3 nitrogen and oxygen atoms in total. The van der Waals surface area contributed by atoms with E-state index in [1.54, 1.807) is 13.2 Å². The van der Waals surface area contributed by atoms with Gasteiger partial charge in [-0.25, -0.2) is 4.39 Å². The van der Waals surface area contributed by atoms with E-state index in [9.17, 15) is 4.39 Å². The Morgan fingerprint density at radius 2 is 2.03 bits per heavy atom. The second kappa shape index (κ2) is 11.7. The van der Waals surface area contributed by atoms with Gasteiger partial charge >= 0.3 is 0 Å². The first-order chi connectivity index (χ1) is 17.5. The van der Waals surface area contributed by atoms with Crippen LogP contribution in [0.3, 0.4) is 0 Å². The fourth-order valence-electron chi connectivity index (χ4n) is 8.36. The topological polar surface area (TPSA) is 30.5 Å². The molecule has 6 atom stereocenters. The van der Waals surface area contributed by atoms with E-state index in [4.69, 9.17) is 16.1 Å². The summed E-state index contributed by atoms with van der Waals surface area (Å²) < 4.78 is 25.7. The highest BCUT2D eigenvalue weighted by molar-refractivity contribution is 5.35. The minimum absolute atomic E-state index is 0.0583. The lowest BCUT2D eigenvalue weighted by molar-refractivity contribution is -0.00481. The Labute approximate surface area is 218 Å². The lowest BCUT2D eigenvalue weighted by Gasteiger charge is -2.36. The van der Waals surface area contributed by atoms with Gasteiger partial charge in [0.15, 0.2) is 0 Å². The molecule has 4 aliphatic carbocycles. The van der Waals surface area contributed by atoms with E-state index in [-0.39, 0.29) is 5.83 Å². The summed E-state index contributed by atoms with van der Waals surface area (Å²) in [5, 5.41) is 4.07. The van der Waals surface area contributed by atoms with Gasteiger partial charge in [-0.05, 0) is 119 Å². The molecule has 4 heteroatoms. The average molecular weight is 498 g/mol. The van der Waals surface area contributed by atoms with Crippen molar-refractivity contribution in [1.82, 2.24) is 5.32 Å². The van der Waals surface area contributed by atoms with Gasteiger partial charge in [0, 0.05) is 31.7 Å². The van der Waals surface area contributed by atoms with Crippen molar-refractivity contribution in [3.8, 4) is 0 Å². The normalized spacial score (nSPS) is 37.4. The van der Waals surface area contributed by atoms with Crippen LogP contribution in [0.2, 0.25) is 0 Å². The molecule has 0 aromatic heterocycles. The summed E-state index contributed by atoms with van der Waals surface area (Å²) in [6.07, 6.45) is 19.1. The largest absolute Gasteiger partial charge is 0.384 e. The summed E-state index contributed by atoms with van der Waals surface area (Å²) in [6, 6.07) is 1.10. The molecule has 1 heterocycles. The fourth-order valence-corrected chi connectivity index (χ4v) is 8.36. The van der Waals surface area contributed by atoms with Crippen LogP contribution in [0.1, 0.15) is 90.4 Å². The van der Waals surface area contributed by atoms with E-state index in [0.29, 0.717) is 29.3 Å².